The maximum atomic E-state index is 11.8. The van der Waals surface area contributed by atoms with E-state index in [0.29, 0.717) is 31.5 Å². The maximum Gasteiger partial charge on any atom is 0.236 e. The number of amides is 1. The van der Waals surface area contributed by atoms with Gasteiger partial charge in [-0.25, -0.2) is 4.98 Å². The smallest absolute Gasteiger partial charge is 0.236 e. The fourth-order valence-corrected chi connectivity index (χ4v) is 2.41. The topological polar surface area (TPSA) is 70.6 Å². The predicted molar refractivity (Wildman–Crippen MR) is 79.0 cm³/mol. The third kappa shape index (κ3) is 3.37. The molecule has 0 radical (unpaired) electrons. The second-order valence-corrected chi connectivity index (χ2v) is 5.28. The van der Waals surface area contributed by atoms with E-state index >= 15 is 0 Å². The Morgan fingerprint density at radius 2 is 2.15 bits per heavy atom. The van der Waals surface area contributed by atoms with Gasteiger partial charge in [-0.2, -0.15) is 4.98 Å². The Morgan fingerprint density at radius 3 is 2.75 bits per heavy atom. The number of piperazine rings is 1. The van der Waals surface area contributed by atoms with E-state index in [4.69, 9.17) is 4.74 Å². The van der Waals surface area contributed by atoms with E-state index in [9.17, 15) is 4.79 Å². The van der Waals surface area contributed by atoms with Crippen molar-refractivity contribution in [2.75, 3.05) is 51.8 Å². The maximum absolute atomic E-state index is 11.8. The fraction of sp³-hybridized carbons (Fsp3) is 0.583. The number of nitrogens with one attached hydrogen (secondary N) is 1. The predicted octanol–water partition coefficient (Wildman–Crippen LogP) is 0.116. The lowest BCUT2D eigenvalue weighted by atomic mass is 10.3. The molecule has 2 rings (SSSR count). The monoisotopic (exact) mass is 343 g/mol. The lowest BCUT2D eigenvalue weighted by molar-refractivity contribution is -0.130. The quantitative estimate of drug-likeness (QED) is 0.837. The lowest BCUT2D eigenvalue weighted by Crippen LogP contribution is -2.51. The van der Waals surface area contributed by atoms with E-state index in [1.807, 2.05) is 4.90 Å². The van der Waals surface area contributed by atoms with Gasteiger partial charge in [0.2, 0.25) is 17.7 Å². The molecule has 0 aromatic carbocycles. The largest absolute Gasteiger partial charge is 0.480 e. The van der Waals surface area contributed by atoms with Crippen molar-refractivity contribution in [3.63, 3.8) is 0 Å². The summed E-state index contributed by atoms with van der Waals surface area (Å²) >= 11 is 3.33. The summed E-state index contributed by atoms with van der Waals surface area (Å²) in [5, 5.41) is 2.88. The highest BCUT2D eigenvalue weighted by atomic mass is 79.9. The standard InChI is InChI=1S/C12H18BrN5O2/c1-14-8-10(19)17-3-5-18(6-4-17)12-15-7-9(13)11(16-12)20-2/h7,14H,3-6,8H2,1-2H3. The van der Waals surface area contributed by atoms with Crippen molar-refractivity contribution in [3.8, 4) is 5.88 Å². The SMILES string of the molecule is CNCC(=O)N1CCN(c2ncc(Br)c(OC)n2)CC1. The highest BCUT2D eigenvalue weighted by Gasteiger charge is 2.22. The highest BCUT2D eigenvalue weighted by Crippen LogP contribution is 2.23. The first kappa shape index (κ1) is 15.0. The molecule has 1 saturated heterocycles. The molecule has 1 aliphatic heterocycles. The Labute approximate surface area is 126 Å². The zero-order chi connectivity index (χ0) is 14.5. The molecule has 1 fully saturated rings. The van der Waals surface area contributed by atoms with Gasteiger partial charge in [0.05, 0.1) is 24.3 Å². The summed E-state index contributed by atoms with van der Waals surface area (Å²) in [5.74, 6) is 1.27. The summed E-state index contributed by atoms with van der Waals surface area (Å²) < 4.78 is 5.90. The average molecular weight is 344 g/mol. The fourth-order valence-electron chi connectivity index (χ4n) is 2.06. The number of carbonyl (C=O) groups excluding carboxylic acids is 1. The first-order valence-corrected chi connectivity index (χ1v) is 7.19. The Balaban J connectivity index is 1.98. The second kappa shape index (κ2) is 6.85. The van der Waals surface area contributed by atoms with E-state index in [2.05, 4.69) is 36.1 Å². The van der Waals surface area contributed by atoms with Gasteiger partial charge in [-0.1, -0.05) is 0 Å². The van der Waals surface area contributed by atoms with Crippen LogP contribution in [0, 0.1) is 0 Å². The molecule has 1 aromatic heterocycles. The van der Waals surface area contributed by atoms with Crippen LogP contribution in [0.1, 0.15) is 0 Å². The molecule has 2 heterocycles. The molecular formula is C12H18BrN5O2. The summed E-state index contributed by atoms with van der Waals surface area (Å²) in [6.45, 7) is 3.19. The summed E-state index contributed by atoms with van der Waals surface area (Å²) in [7, 11) is 3.35. The number of halogens is 1. The summed E-state index contributed by atoms with van der Waals surface area (Å²) in [6, 6.07) is 0. The number of anilines is 1. The summed E-state index contributed by atoms with van der Waals surface area (Å²) in [5.41, 5.74) is 0. The number of carbonyl (C=O) groups is 1. The third-order valence-electron chi connectivity index (χ3n) is 3.14. The van der Waals surface area contributed by atoms with E-state index < -0.39 is 0 Å². The van der Waals surface area contributed by atoms with Crippen LogP contribution >= 0.6 is 15.9 Å². The Bertz CT molecular complexity index is 477. The Hall–Kier alpha value is -1.41. The number of hydrogen-bond acceptors (Lipinski definition) is 6. The van der Waals surface area contributed by atoms with Crippen molar-refractivity contribution in [2.24, 2.45) is 0 Å². The van der Waals surface area contributed by atoms with Crippen LogP contribution in [0.25, 0.3) is 0 Å². The van der Waals surface area contributed by atoms with Crippen LogP contribution in [0.5, 0.6) is 5.88 Å². The van der Waals surface area contributed by atoms with Crippen LogP contribution in [0.15, 0.2) is 10.7 Å². The van der Waals surface area contributed by atoms with Gasteiger partial charge in [-0.3, -0.25) is 4.79 Å². The molecule has 0 saturated carbocycles. The number of nitrogens with zero attached hydrogens (tertiary/aromatic N) is 4. The van der Waals surface area contributed by atoms with Crippen molar-refractivity contribution in [3.05, 3.63) is 10.7 Å². The van der Waals surface area contributed by atoms with Gasteiger partial charge in [0.1, 0.15) is 0 Å². The van der Waals surface area contributed by atoms with Gasteiger partial charge in [0, 0.05) is 26.2 Å². The minimum Gasteiger partial charge on any atom is -0.480 e. The molecule has 1 aliphatic rings. The zero-order valence-electron chi connectivity index (χ0n) is 11.6. The van der Waals surface area contributed by atoms with Gasteiger partial charge in [-0.15, -0.1) is 0 Å². The highest BCUT2D eigenvalue weighted by molar-refractivity contribution is 9.10. The van der Waals surface area contributed by atoms with Crippen molar-refractivity contribution in [1.29, 1.82) is 0 Å². The first-order chi connectivity index (χ1) is 9.65. The molecule has 8 heteroatoms. The number of ether oxygens (including phenoxy) is 1. The van der Waals surface area contributed by atoms with Crippen molar-refractivity contribution in [1.82, 2.24) is 20.2 Å². The van der Waals surface area contributed by atoms with Crippen molar-refractivity contribution >= 4 is 27.8 Å². The molecule has 0 bridgehead atoms. The van der Waals surface area contributed by atoms with Crippen LogP contribution < -0.4 is 15.0 Å². The molecule has 0 atom stereocenters. The summed E-state index contributed by atoms with van der Waals surface area (Å²) in [6.07, 6.45) is 1.68. The number of likely N-dealkylation sites (N-methyl/N-ethyl adjacent to an activating group) is 1. The molecule has 0 spiro atoms. The number of methoxy groups -OCH3 is 1. The second-order valence-electron chi connectivity index (χ2n) is 4.43. The van der Waals surface area contributed by atoms with E-state index in [-0.39, 0.29) is 5.91 Å². The lowest BCUT2D eigenvalue weighted by Gasteiger charge is -2.34. The molecule has 110 valence electrons. The summed E-state index contributed by atoms with van der Waals surface area (Å²) in [4.78, 5) is 24.3. The Morgan fingerprint density at radius 1 is 1.45 bits per heavy atom. The van der Waals surface area contributed by atoms with Crippen molar-refractivity contribution < 1.29 is 9.53 Å². The van der Waals surface area contributed by atoms with Gasteiger partial charge in [-0.05, 0) is 23.0 Å². The molecule has 1 N–H and O–H groups in total. The molecule has 1 amide bonds. The van der Waals surface area contributed by atoms with Gasteiger partial charge < -0.3 is 19.9 Å². The molecular weight excluding hydrogens is 326 g/mol. The molecule has 7 nitrogen and oxygen atoms in total. The van der Waals surface area contributed by atoms with E-state index in [0.717, 1.165) is 17.6 Å². The van der Waals surface area contributed by atoms with Crippen molar-refractivity contribution in [2.45, 2.75) is 0 Å². The number of hydrogen-bond donors (Lipinski definition) is 1. The average Bonchev–Trinajstić information content (AvgIpc) is 2.48. The minimum absolute atomic E-state index is 0.126. The van der Waals surface area contributed by atoms with Crippen LogP contribution in [0.2, 0.25) is 0 Å². The zero-order valence-corrected chi connectivity index (χ0v) is 13.2. The first-order valence-electron chi connectivity index (χ1n) is 6.39. The van der Waals surface area contributed by atoms with Crippen LogP contribution in [0.4, 0.5) is 5.95 Å². The Kier molecular flexibility index (Phi) is 5.13. The number of aromatic nitrogens is 2. The van der Waals surface area contributed by atoms with E-state index in [1.54, 1.807) is 20.4 Å². The normalized spacial score (nSPS) is 15.3. The molecule has 20 heavy (non-hydrogen) atoms. The third-order valence-corrected chi connectivity index (χ3v) is 3.68. The molecule has 0 unspecified atom stereocenters. The van der Waals surface area contributed by atoms with Gasteiger partial charge in [0.15, 0.2) is 0 Å². The van der Waals surface area contributed by atoms with Gasteiger partial charge >= 0.3 is 0 Å². The van der Waals surface area contributed by atoms with Crippen LogP contribution in [0.3, 0.4) is 0 Å². The van der Waals surface area contributed by atoms with Crippen LogP contribution in [-0.2, 0) is 4.79 Å². The molecule has 1 aromatic rings. The van der Waals surface area contributed by atoms with Gasteiger partial charge in [0.25, 0.3) is 0 Å². The minimum atomic E-state index is 0.126. The van der Waals surface area contributed by atoms with Crippen LogP contribution in [-0.4, -0.2) is 67.7 Å². The van der Waals surface area contributed by atoms with E-state index in [1.165, 1.54) is 0 Å². The molecule has 0 aliphatic carbocycles. The number of rotatable bonds is 4.